The third-order valence-electron chi connectivity index (χ3n) is 2.27. The highest BCUT2D eigenvalue weighted by molar-refractivity contribution is 7.98. The number of furan rings is 1. The number of nitrogen functional groups attached to an aromatic ring is 1. The van der Waals surface area contributed by atoms with Gasteiger partial charge in [0, 0.05) is 11.6 Å². The van der Waals surface area contributed by atoms with Crippen LogP contribution in [0.3, 0.4) is 0 Å². The van der Waals surface area contributed by atoms with E-state index in [0.29, 0.717) is 0 Å². The van der Waals surface area contributed by atoms with Crippen LogP contribution in [0.2, 0.25) is 0 Å². The highest BCUT2D eigenvalue weighted by Gasteiger charge is 2.14. The van der Waals surface area contributed by atoms with Gasteiger partial charge in [-0.25, -0.2) is 5.84 Å². The number of hydrazine groups is 1. The van der Waals surface area contributed by atoms with Crippen molar-refractivity contribution >= 4 is 17.7 Å². The number of aryl methyl sites for hydroxylation is 1. The van der Waals surface area contributed by atoms with Crippen LogP contribution in [0, 0.1) is 6.92 Å². The molecule has 0 saturated carbocycles. The minimum atomic E-state index is -0.394. The topological polar surface area (TPSA) is 94.3 Å². The van der Waals surface area contributed by atoms with Gasteiger partial charge in [-0.15, -0.1) is 0 Å². The van der Waals surface area contributed by atoms with Crippen LogP contribution in [0.1, 0.15) is 35.2 Å². The van der Waals surface area contributed by atoms with Crippen LogP contribution in [0.4, 0.5) is 0 Å². The number of nitrogens with one attached hydrogen (secondary N) is 1. The lowest BCUT2D eigenvalue weighted by Crippen LogP contribution is -2.30. The Hall–Kier alpha value is -0.980. The summed E-state index contributed by atoms with van der Waals surface area (Å²) in [6.45, 7) is 3.81. The number of hydrogen-bond acceptors (Lipinski definition) is 5. The molecule has 5 N–H and O–H groups in total. The van der Waals surface area contributed by atoms with Crippen LogP contribution in [0.25, 0.3) is 0 Å². The predicted octanol–water partition coefficient (Wildman–Crippen LogP) is 1.16. The Labute approximate surface area is 105 Å². The lowest BCUT2D eigenvalue weighted by molar-refractivity contribution is 0.0923. The number of rotatable bonds is 6. The molecule has 5 nitrogen and oxygen atoms in total. The van der Waals surface area contributed by atoms with Crippen LogP contribution in [-0.4, -0.2) is 17.7 Å². The number of thioether (sulfide) groups is 1. The van der Waals surface area contributed by atoms with Gasteiger partial charge >= 0.3 is 5.91 Å². The van der Waals surface area contributed by atoms with Crippen LogP contribution in [0.15, 0.2) is 10.5 Å². The number of carbonyl (C=O) groups is 1. The Kier molecular flexibility index (Phi) is 5.54. The molecule has 0 aliphatic rings. The van der Waals surface area contributed by atoms with E-state index in [1.165, 1.54) is 0 Å². The van der Waals surface area contributed by atoms with Crippen molar-refractivity contribution in [3.05, 3.63) is 23.2 Å². The Bertz CT molecular complexity index is 377. The normalized spacial score (nSPS) is 12.5. The van der Waals surface area contributed by atoms with Gasteiger partial charge in [0.25, 0.3) is 0 Å². The molecule has 0 saturated heterocycles. The van der Waals surface area contributed by atoms with Gasteiger partial charge in [-0.1, -0.05) is 0 Å². The highest BCUT2D eigenvalue weighted by Crippen LogP contribution is 2.20. The molecule has 1 rings (SSSR count). The monoisotopic (exact) mass is 257 g/mol. The van der Waals surface area contributed by atoms with E-state index in [1.807, 2.05) is 19.9 Å². The molecule has 1 atom stereocenters. The molecule has 17 heavy (non-hydrogen) atoms. The standard InChI is InChI=1S/C11H19N3O2S/c1-7-5-9(6-17-4-3-8(2)12)16-10(7)11(15)14-13/h5,8H,3-4,6,12-13H2,1-2H3,(H,14,15). The Morgan fingerprint density at radius 3 is 2.94 bits per heavy atom. The average molecular weight is 257 g/mol. The molecule has 0 aliphatic carbocycles. The molecule has 1 heterocycles. The fourth-order valence-corrected chi connectivity index (χ4v) is 2.38. The third kappa shape index (κ3) is 4.41. The van der Waals surface area contributed by atoms with E-state index < -0.39 is 5.91 Å². The van der Waals surface area contributed by atoms with Gasteiger partial charge in [0.1, 0.15) is 5.76 Å². The number of carbonyl (C=O) groups excluding carboxylic acids is 1. The summed E-state index contributed by atoms with van der Waals surface area (Å²) in [5.74, 6) is 7.46. The first-order chi connectivity index (χ1) is 8.04. The van der Waals surface area contributed by atoms with Gasteiger partial charge in [-0.2, -0.15) is 11.8 Å². The second kappa shape index (κ2) is 6.68. The number of nitrogens with two attached hydrogens (primary N) is 2. The zero-order chi connectivity index (χ0) is 12.8. The van der Waals surface area contributed by atoms with E-state index in [2.05, 4.69) is 5.43 Å². The minimum absolute atomic E-state index is 0.222. The molecule has 1 aromatic rings. The molecular formula is C11H19N3O2S. The fourth-order valence-electron chi connectivity index (χ4n) is 1.35. The van der Waals surface area contributed by atoms with E-state index in [1.54, 1.807) is 11.8 Å². The lowest BCUT2D eigenvalue weighted by atomic mass is 10.2. The second-order valence-electron chi connectivity index (χ2n) is 4.02. The summed E-state index contributed by atoms with van der Waals surface area (Å²) in [5, 5.41) is 0. The molecular weight excluding hydrogens is 238 g/mol. The first-order valence-electron chi connectivity index (χ1n) is 5.48. The first kappa shape index (κ1) is 14.1. The van der Waals surface area contributed by atoms with Crippen LogP contribution in [-0.2, 0) is 5.75 Å². The maximum absolute atomic E-state index is 11.3. The maximum atomic E-state index is 11.3. The molecule has 0 fully saturated rings. The Balaban J connectivity index is 2.47. The van der Waals surface area contributed by atoms with Gasteiger partial charge in [-0.05, 0) is 32.1 Å². The average Bonchev–Trinajstić information content (AvgIpc) is 2.65. The third-order valence-corrected chi connectivity index (χ3v) is 3.28. The summed E-state index contributed by atoms with van der Waals surface area (Å²) in [6.07, 6.45) is 0.973. The summed E-state index contributed by atoms with van der Waals surface area (Å²) >= 11 is 1.74. The van der Waals surface area contributed by atoms with Crippen molar-refractivity contribution in [1.82, 2.24) is 5.43 Å². The summed E-state index contributed by atoms with van der Waals surface area (Å²) < 4.78 is 5.43. The van der Waals surface area contributed by atoms with E-state index in [9.17, 15) is 4.79 Å². The van der Waals surface area contributed by atoms with E-state index in [0.717, 1.165) is 29.3 Å². The van der Waals surface area contributed by atoms with Crippen LogP contribution in [0.5, 0.6) is 0 Å². The van der Waals surface area contributed by atoms with E-state index in [4.69, 9.17) is 16.0 Å². The SMILES string of the molecule is Cc1cc(CSCCC(C)N)oc1C(=O)NN. The molecule has 96 valence electrons. The van der Waals surface area contributed by atoms with Crippen LogP contribution >= 0.6 is 11.8 Å². The number of amides is 1. The first-order valence-corrected chi connectivity index (χ1v) is 6.63. The zero-order valence-electron chi connectivity index (χ0n) is 10.2. The molecule has 0 aromatic carbocycles. The van der Waals surface area contributed by atoms with Crippen molar-refractivity contribution in [2.75, 3.05) is 5.75 Å². The van der Waals surface area contributed by atoms with Crippen molar-refractivity contribution in [3.63, 3.8) is 0 Å². The molecule has 1 aromatic heterocycles. The van der Waals surface area contributed by atoms with Gasteiger partial charge in [0.2, 0.25) is 0 Å². The van der Waals surface area contributed by atoms with E-state index in [-0.39, 0.29) is 11.8 Å². The Morgan fingerprint density at radius 2 is 2.35 bits per heavy atom. The molecule has 0 spiro atoms. The van der Waals surface area contributed by atoms with Crippen molar-refractivity contribution in [2.24, 2.45) is 11.6 Å². The molecule has 1 amide bonds. The number of hydrogen-bond donors (Lipinski definition) is 3. The summed E-state index contributed by atoms with van der Waals surface area (Å²) in [7, 11) is 0. The highest BCUT2D eigenvalue weighted by atomic mass is 32.2. The van der Waals surface area contributed by atoms with Crippen molar-refractivity contribution in [3.8, 4) is 0 Å². The quantitative estimate of drug-likeness (QED) is 0.308. The molecule has 6 heteroatoms. The Morgan fingerprint density at radius 1 is 1.65 bits per heavy atom. The van der Waals surface area contributed by atoms with Gasteiger partial charge in [-0.3, -0.25) is 10.2 Å². The summed E-state index contributed by atoms with van der Waals surface area (Å²) in [4.78, 5) is 11.3. The van der Waals surface area contributed by atoms with Gasteiger partial charge in [0.15, 0.2) is 5.76 Å². The second-order valence-corrected chi connectivity index (χ2v) is 5.12. The van der Waals surface area contributed by atoms with Crippen LogP contribution < -0.4 is 17.0 Å². The predicted molar refractivity (Wildman–Crippen MR) is 69.5 cm³/mol. The zero-order valence-corrected chi connectivity index (χ0v) is 11.0. The van der Waals surface area contributed by atoms with Crippen molar-refractivity contribution in [1.29, 1.82) is 0 Å². The molecule has 0 radical (unpaired) electrons. The largest absolute Gasteiger partial charge is 0.455 e. The van der Waals surface area contributed by atoms with Crippen molar-refractivity contribution < 1.29 is 9.21 Å². The summed E-state index contributed by atoms with van der Waals surface area (Å²) in [6, 6.07) is 2.09. The van der Waals surface area contributed by atoms with Gasteiger partial charge < -0.3 is 10.2 Å². The maximum Gasteiger partial charge on any atom is 0.301 e. The van der Waals surface area contributed by atoms with E-state index >= 15 is 0 Å². The fraction of sp³-hybridized carbons (Fsp3) is 0.545. The molecule has 0 bridgehead atoms. The molecule has 0 aliphatic heterocycles. The minimum Gasteiger partial charge on any atom is -0.455 e. The lowest BCUT2D eigenvalue weighted by Gasteiger charge is -2.02. The summed E-state index contributed by atoms with van der Waals surface area (Å²) in [5.41, 5.74) is 8.52. The smallest absolute Gasteiger partial charge is 0.301 e. The van der Waals surface area contributed by atoms with Crippen molar-refractivity contribution in [2.45, 2.75) is 32.1 Å². The van der Waals surface area contributed by atoms with Gasteiger partial charge in [0.05, 0.1) is 5.75 Å². The molecule has 1 unspecified atom stereocenters.